The normalized spacial score (nSPS) is 11.3. The van der Waals surface area contributed by atoms with Gasteiger partial charge in [0.05, 0.1) is 21.3 Å². The Kier molecular flexibility index (Phi) is 8.14. The molecule has 2 amide bonds. The van der Waals surface area contributed by atoms with Crippen LogP contribution < -0.4 is 10.6 Å². The summed E-state index contributed by atoms with van der Waals surface area (Å²) >= 11 is 2.35. The molecule has 14 nitrogen and oxygen atoms in total. The number of tetrazole rings is 2. The number of hydrogen-bond donors (Lipinski definition) is 2. The molecule has 0 unspecified atom stereocenters. The van der Waals surface area contributed by atoms with Crippen molar-refractivity contribution in [2.24, 2.45) is 14.1 Å². The molecule has 4 aromatic rings. The first-order valence-corrected chi connectivity index (χ1v) is 13.9. The molecule has 0 radical (unpaired) electrons. The van der Waals surface area contributed by atoms with Crippen molar-refractivity contribution in [1.29, 1.82) is 0 Å². The average Bonchev–Trinajstić information content (AvgIpc) is 3.49. The Morgan fingerprint density at radius 3 is 1.43 bits per heavy atom. The van der Waals surface area contributed by atoms with Gasteiger partial charge in [0.1, 0.15) is 0 Å². The molecule has 2 N–H and O–H groups in total. The van der Waals surface area contributed by atoms with Crippen LogP contribution in [0.25, 0.3) is 0 Å². The summed E-state index contributed by atoms with van der Waals surface area (Å²) in [5.41, 5.74) is 0.905. The molecule has 192 valence electrons. The van der Waals surface area contributed by atoms with E-state index in [1.807, 2.05) is 0 Å². The zero-order valence-corrected chi connectivity index (χ0v) is 21.9. The lowest BCUT2D eigenvalue weighted by Gasteiger charge is -2.09. The zero-order valence-electron chi connectivity index (χ0n) is 19.5. The van der Waals surface area contributed by atoms with Crippen molar-refractivity contribution in [3.05, 3.63) is 48.5 Å². The van der Waals surface area contributed by atoms with Gasteiger partial charge in [0.15, 0.2) is 0 Å². The number of carbonyl (C=O) groups is 2. The van der Waals surface area contributed by atoms with Crippen LogP contribution in [0.3, 0.4) is 0 Å². The van der Waals surface area contributed by atoms with E-state index in [1.54, 1.807) is 14.1 Å². The van der Waals surface area contributed by atoms with Gasteiger partial charge in [-0.15, -0.1) is 10.2 Å². The van der Waals surface area contributed by atoms with Crippen LogP contribution >= 0.6 is 23.5 Å². The number of benzene rings is 2. The summed E-state index contributed by atoms with van der Waals surface area (Å²) in [6.07, 6.45) is 0. The number of anilines is 2. The van der Waals surface area contributed by atoms with Gasteiger partial charge < -0.3 is 10.6 Å². The molecule has 4 rings (SSSR count). The number of aryl methyl sites for hydroxylation is 2. The number of sulfone groups is 1. The Morgan fingerprint density at radius 1 is 0.730 bits per heavy atom. The lowest BCUT2D eigenvalue weighted by molar-refractivity contribution is -0.114. The number of hydrogen-bond acceptors (Lipinski definition) is 12. The van der Waals surface area contributed by atoms with Gasteiger partial charge in [0.25, 0.3) is 0 Å². The molecular weight excluding hydrogens is 540 g/mol. The van der Waals surface area contributed by atoms with E-state index in [0.29, 0.717) is 21.7 Å². The number of carbonyl (C=O) groups excluding carboxylic acids is 2. The third-order valence-electron chi connectivity index (χ3n) is 4.72. The van der Waals surface area contributed by atoms with Gasteiger partial charge in [0, 0.05) is 25.5 Å². The molecule has 0 saturated carbocycles. The minimum absolute atomic E-state index is 0.0653. The highest BCUT2D eigenvalue weighted by molar-refractivity contribution is 8.00. The van der Waals surface area contributed by atoms with Crippen LogP contribution in [0.5, 0.6) is 0 Å². The smallest absolute Gasteiger partial charge is 0.234 e. The molecule has 2 heterocycles. The lowest BCUT2D eigenvalue weighted by Crippen LogP contribution is -2.15. The maximum Gasteiger partial charge on any atom is 0.234 e. The van der Waals surface area contributed by atoms with Crippen molar-refractivity contribution in [1.82, 2.24) is 40.4 Å². The molecule has 37 heavy (non-hydrogen) atoms. The van der Waals surface area contributed by atoms with Crippen molar-refractivity contribution in [2.75, 3.05) is 22.1 Å². The van der Waals surface area contributed by atoms with Crippen LogP contribution in [0, 0.1) is 0 Å². The minimum atomic E-state index is -3.80. The van der Waals surface area contributed by atoms with E-state index in [4.69, 9.17) is 0 Å². The summed E-state index contributed by atoms with van der Waals surface area (Å²) < 4.78 is 28.9. The molecule has 0 bridgehead atoms. The molecule has 17 heteroatoms. The Balaban J connectivity index is 1.32. The highest BCUT2D eigenvalue weighted by Gasteiger charge is 2.18. The van der Waals surface area contributed by atoms with E-state index in [1.165, 1.54) is 81.4 Å². The van der Waals surface area contributed by atoms with Crippen molar-refractivity contribution < 1.29 is 18.0 Å². The van der Waals surface area contributed by atoms with E-state index >= 15 is 0 Å². The van der Waals surface area contributed by atoms with Crippen molar-refractivity contribution >= 4 is 56.6 Å². The Hall–Kier alpha value is -3.83. The second kappa shape index (κ2) is 11.5. The van der Waals surface area contributed by atoms with Gasteiger partial charge in [-0.05, 0) is 69.4 Å². The highest BCUT2D eigenvalue weighted by Crippen LogP contribution is 2.24. The molecule has 0 aliphatic rings. The number of thioether (sulfide) groups is 2. The van der Waals surface area contributed by atoms with Crippen molar-refractivity contribution in [3.63, 3.8) is 0 Å². The van der Waals surface area contributed by atoms with Crippen LogP contribution in [-0.4, -0.2) is 72.2 Å². The first kappa shape index (κ1) is 26.2. The van der Waals surface area contributed by atoms with Gasteiger partial charge in [0.2, 0.25) is 32.0 Å². The maximum atomic E-state index is 13.0. The highest BCUT2D eigenvalue weighted by atomic mass is 32.2. The summed E-state index contributed by atoms with van der Waals surface area (Å²) in [4.78, 5) is 24.5. The molecule has 0 saturated heterocycles. The topological polar surface area (TPSA) is 180 Å². The van der Waals surface area contributed by atoms with E-state index in [-0.39, 0.29) is 33.1 Å². The van der Waals surface area contributed by atoms with Gasteiger partial charge in [-0.25, -0.2) is 17.8 Å². The summed E-state index contributed by atoms with van der Waals surface area (Å²) in [6, 6.07) is 11.7. The van der Waals surface area contributed by atoms with Crippen LogP contribution in [0.1, 0.15) is 0 Å². The minimum Gasteiger partial charge on any atom is -0.325 e. The monoisotopic (exact) mass is 560 g/mol. The third kappa shape index (κ3) is 6.69. The van der Waals surface area contributed by atoms with E-state index in [2.05, 4.69) is 41.7 Å². The first-order chi connectivity index (χ1) is 17.7. The van der Waals surface area contributed by atoms with E-state index in [0.717, 1.165) is 0 Å². The first-order valence-electron chi connectivity index (χ1n) is 10.5. The van der Waals surface area contributed by atoms with Gasteiger partial charge in [-0.1, -0.05) is 23.5 Å². The van der Waals surface area contributed by atoms with Gasteiger partial charge in [-0.3, -0.25) is 9.59 Å². The fraction of sp³-hybridized carbons (Fsp3) is 0.200. The van der Waals surface area contributed by atoms with Crippen molar-refractivity contribution in [3.8, 4) is 0 Å². The Bertz CT molecular complexity index is 1390. The summed E-state index contributed by atoms with van der Waals surface area (Å²) in [6.45, 7) is 0. The molecule has 0 aliphatic heterocycles. The van der Waals surface area contributed by atoms with Crippen LogP contribution in [0.4, 0.5) is 11.4 Å². The van der Waals surface area contributed by atoms with Crippen LogP contribution in [-0.2, 0) is 33.5 Å². The Labute approximate surface area is 219 Å². The second-order valence-corrected chi connectivity index (χ2v) is 11.2. The maximum absolute atomic E-state index is 13.0. The quantitative estimate of drug-likeness (QED) is 0.263. The summed E-state index contributed by atoms with van der Waals surface area (Å²) in [5.74, 6) is -0.388. The number of rotatable bonds is 10. The molecule has 0 spiro atoms. The fourth-order valence-corrected chi connectivity index (χ4v) is 5.47. The molecular formula is C20H20N10O4S3. The zero-order chi connectivity index (χ0) is 26.4. The number of amides is 2. The third-order valence-corrected chi connectivity index (χ3v) is 8.53. The fourth-order valence-electron chi connectivity index (χ4n) is 2.91. The predicted molar refractivity (Wildman–Crippen MR) is 135 cm³/mol. The van der Waals surface area contributed by atoms with Crippen molar-refractivity contribution in [2.45, 2.75) is 20.1 Å². The average molecular weight is 561 g/mol. The standard InChI is InChI=1S/C20H20N10O4S3/c1-29-19(23-25-27-29)35-11-17(31)21-13-3-7-15(8-4-13)37(33,34)16-9-5-14(6-10-16)22-18(32)12-36-20-24-26-28-30(20)2/h3-10H,11-12H2,1-2H3,(H,21,31)(H,22,32). The largest absolute Gasteiger partial charge is 0.325 e. The number of nitrogens with one attached hydrogen (secondary N) is 2. The molecule has 0 atom stereocenters. The molecule has 2 aromatic carbocycles. The van der Waals surface area contributed by atoms with E-state index in [9.17, 15) is 18.0 Å². The molecule has 0 fully saturated rings. The summed E-state index contributed by atoms with van der Waals surface area (Å²) in [7, 11) is -0.462. The predicted octanol–water partition coefficient (Wildman–Crippen LogP) is 1.03. The number of nitrogens with zero attached hydrogens (tertiary/aromatic N) is 8. The molecule has 2 aromatic heterocycles. The lowest BCUT2D eigenvalue weighted by atomic mass is 10.3. The van der Waals surface area contributed by atoms with E-state index < -0.39 is 9.84 Å². The van der Waals surface area contributed by atoms with Gasteiger partial charge >= 0.3 is 0 Å². The van der Waals surface area contributed by atoms with Crippen LogP contribution in [0.15, 0.2) is 68.6 Å². The molecule has 0 aliphatic carbocycles. The van der Waals surface area contributed by atoms with Gasteiger partial charge in [-0.2, -0.15) is 0 Å². The second-order valence-electron chi connectivity index (χ2n) is 7.40. The van der Waals surface area contributed by atoms with Crippen LogP contribution in [0.2, 0.25) is 0 Å². The number of aromatic nitrogens is 8. The SMILES string of the molecule is Cn1nnnc1SCC(=O)Nc1ccc(S(=O)(=O)c2ccc(NC(=O)CSc3nnnn3C)cc2)cc1. The summed E-state index contributed by atoms with van der Waals surface area (Å²) in [5, 5.41) is 28.4. The Morgan fingerprint density at radius 2 is 1.11 bits per heavy atom.